The maximum Gasteiger partial charge on any atom is 0.500 e. The van der Waals surface area contributed by atoms with Gasteiger partial charge in [-0.05, 0) is 25.7 Å². The summed E-state index contributed by atoms with van der Waals surface area (Å²) in [5, 5.41) is 0.979. The highest BCUT2D eigenvalue weighted by Crippen LogP contribution is 2.20. The molecule has 0 rings (SSSR count). The first-order valence-electron chi connectivity index (χ1n) is 8.22. The van der Waals surface area contributed by atoms with E-state index in [0.29, 0.717) is 0 Å². The van der Waals surface area contributed by atoms with Crippen LogP contribution in [0.5, 0.6) is 0 Å². The summed E-state index contributed by atoms with van der Waals surface area (Å²) >= 11 is 3.50. The number of hydrogen-bond donors (Lipinski definition) is 0. The van der Waals surface area contributed by atoms with Gasteiger partial charge in [-0.2, -0.15) is 0 Å². The molecule has 0 saturated carbocycles. The van der Waals surface area contributed by atoms with Crippen LogP contribution in [-0.2, 0) is 13.3 Å². The van der Waals surface area contributed by atoms with E-state index in [1.165, 1.54) is 0 Å². The normalized spacial score (nSPS) is 12.0. The van der Waals surface area contributed by atoms with E-state index in [4.69, 9.17) is 13.3 Å². The molecule has 0 aliphatic heterocycles. The predicted octanol–water partition coefficient (Wildman–Crippen LogP) is 5.16. The van der Waals surface area contributed by atoms with E-state index in [9.17, 15) is 0 Å². The standard InChI is InChI=1S/C15H33BrO3Si/c1-4-7-12-17-20(15-10-11-16,18-13-8-5-2)19-14-9-6-3/h4-15H2,1-3H3. The van der Waals surface area contributed by atoms with Gasteiger partial charge in [0.25, 0.3) is 0 Å². The Labute approximate surface area is 135 Å². The van der Waals surface area contributed by atoms with E-state index >= 15 is 0 Å². The SMILES string of the molecule is CCCCO[Si](CCCBr)(OCCCC)OCCCC. The Morgan fingerprint density at radius 2 is 1.10 bits per heavy atom. The summed E-state index contributed by atoms with van der Waals surface area (Å²) in [7, 11) is -2.46. The van der Waals surface area contributed by atoms with Gasteiger partial charge in [0.05, 0.1) is 0 Å². The summed E-state index contributed by atoms with van der Waals surface area (Å²) < 4.78 is 18.4. The summed E-state index contributed by atoms with van der Waals surface area (Å²) in [6, 6.07) is 0.926. The molecule has 0 aromatic rings. The van der Waals surface area contributed by atoms with Crippen molar-refractivity contribution in [2.45, 2.75) is 71.8 Å². The lowest BCUT2D eigenvalue weighted by atomic mass is 10.4. The number of unbranched alkanes of at least 4 members (excludes halogenated alkanes) is 3. The molecular weight excluding hydrogens is 336 g/mol. The van der Waals surface area contributed by atoms with Crippen molar-refractivity contribution in [2.24, 2.45) is 0 Å². The highest BCUT2D eigenvalue weighted by molar-refractivity contribution is 9.09. The Hall–Kier alpha value is 0.577. The van der Waals surface area contributed by atoms with Crippen molar-refractivity contribution < 1.29 is 13.3 Å². The fraction of sp³-hybridized carbons (Fsp3) is 1.00. The van der Waals surface area contributed by atoms with E-state index in [0.717, 1.165) is 76.1 Å². The largest absolute Gasteiger partial charge is 0.500 e. The number of alkyl halides is 1. The Kier molecular flexibility index (Phi) is 14.9. The molecule has 0 N–H and O–H groups in total. The molecule has 0 aliphatic carbocycles. The predicted molar refractivity (Wildman–Crippen MR) is 91.6 cm³/mol. The summed E-state index contributed by atoms with van der Waals surface area (Å²) in [4.78, 5) is 0. The Morgan fingerprint density at radius 1 is 0.700 bits per heavy atom. The van der Waals surface area contributed by atoms with Crippen LogP contribution in [0.1, 0.15) is 65.7 Å². The summed E-state index contributed by atoms with van der Waals surface area (Å²) in [5.74, 6) is 0. The minimum atomic E-state index is -2.46. The number of halogens is 1. The van der Waals surface area contributed by atoms with E-state index in [1.54, 1.807) is 0 Å². The average molecular weight is 369 g/mol. The second kappa shape index (κ2) is 14.5. The van der Waals surface area contributed by atoms with Crippen molar-refractivity contribution in [3.63, 3.8) is 0 Å². The molecule has 0 heterocycles. The van der Waals surface area contributed by atoms with Crippen molar-refractivity contribution in [1.29, 1.82) is 0 Å². The zero-order valence-electron chi connectivity index (χ0n) is 13.6. The van der Waals surface area contributed by atoms with E-state index in [2.05, 4.69) is 36.7 Å². The molecule has 20 heavy (non-hydrogen) atoms. The van der Waals surface area contributed by atoms with Gasteiger partial charge in [0.2, 0.25) is 0 Å². The minimum Gasteiger partial charge on any atom is -0.373 e. The van der Waals surface area contributed by atoms with Gasteiger partial charge in [0.15, 0.2) is 0 Å². The van der Waals surface area contributed by atoms with Crippen molar-refractivity contribution in [3.05, 3.63) is 0 Å². The molecule has 122 valence electrons. The number of hydrogen-bond acceptors (Lipinski definition) is 3. The minimum absolute atomic E-state index is 0.767. The second-order valence-electron chi connectivity index (χ2n) is 5.08. The van der Waals surface area contributed by atoms with Gasteiger partial charge in [-0.25, -0.2) is 0 Å². The van der Waals surface area contributed by atoms with Crippen LogP contribution in [0.4, 0.5) is 0 Å². The molecule has 0 unspecified atom stereocenters. The van der Waals surface area contributed by atoms with Crippen LogP contribution < -0.4 is 0 Å². The van der Waals surface area contributed by atoms with E-state index < -0.39 is 8.80 Å². The zero-order chi connectivity index (χ0) is 15.1. The molecule has 0 aromatic carbocycles. The second-order valence-corrected chi connectivity index (χ2v) is 8.61. The van der Waals surface area contributed by atoms with Crippen LogP contribution >= 0.6 is 15.9 Å². The van der Waals surface area contributed by atoms with Gasteiger partial charge in [-0.1, -0.05) is 56.0 Å². The topological polar surface area (TPSA) is 27.7 Å². The van der Waals surface area contributed by atoms with E-state index in [1.807, 2.05) is 0 Å². The fourth-order valence-corrected chi connectivity index (χ4v) is 5.20. The van der Waals surface area contributed by atoms with Crippen LogP contribution in [0.3, 0.4) is 0 Å². The average Bonchev–Trinajstić information content (AvgIpc) is 2.46. The molecule has 0 amide bonds. The zero-order valence-corrected chi connectivity index (χ0v) is 16.2. The molecular formula is C15H33BrO3Si. The van der Waals surface area contributed by atoms with Gasteiger partial charge in [-0.3, -0.25) is 0 Å². The molecule has 0 spiro atoms. The lowest BCUT2D eigenvalue weighted by molar-refractivity contribution is 0.0562. The molecule has 0 aromatic heterocycles. The Balaban J connectivity index is 4.48. The monoisotopic (exact) mass is 368 g/mol. The first-order valence-corrected chi connectivity index (χ1v) is 11.3. The third kappa shape index (κ3) is 10.3. The van der Waals surface area contributed by atoms with Crippen molar-refractivity contribution in [1.82, 2.24) is 0 Å². The third-order valence-electron chi connectivity index (χ3n) is 3.08. The summed E-state index contributed by atoms with van der Waals surface area (Å²) in [6.45, 7) is 8.85. The van der Waals surface area contributed by atoms with Crippen LogP contribution in [0.15, 0.2) is 0 Å². The molecule has 0 bridgehead atoms. The first-order chi connectivity index (χ1) is 9.74. The smallest absolute Gasteiger partial charge is 0.373 e. The Morgan fingerprint density at radius 3 is 1.40 bits per heavy atom. The van der Waals surface area contributed by atoms with Crippen LogP contribution in [0.25, 0.3) is 0 Å². The molecule has 0 fully saturated rings. The van der Waals surface area contributed by atoms with Crippen molar-refractivity contribution in [2.75, 3.05) is 25.2 Å². The molecule has 0 saturated heterocycles. The lowest BCUT2D eigenvalue weighted by Gasteiger charge is -2.30. The summed E-state index contributed by atoms with van der Waals surface area (Å²) in [6.07, 6.45) is 7.73. The molecule has 0 atom stereocenters. The third-order valence-corrected chi connectivity index (χ3v) is 6.53. The highest BCUT2D eigenvalue weighted by atomic mass is 79.9. The van der Waals surface area contributed by atoms with E-state index in [-0.39, 0.29) is 0 Å². The highest BCUT2D eigenvalue weighted by Gasteiger charge is 2.40. The van der Waals surface area contributed by atoms with Crippen molar-refractivity contribution in [3.8, 4) is 0 Å². The van der Waals surface area contributed by atoms with Gasteiger partial charge in [0.1, 0.15) is 0 Å². The Bertz CT molecular complexity index is 179. The maximum atomic E-state index is 6.14. The van der Waals surface area contributed by atoms with Crippen LogP contribution in [0.2, 0.25) is 6.04 Å². The van der Waals surface area contributed by atoms with Gasteiger partial charge in [-0.15, -0.1) is 0 Å². The molecule has 0 aliphatic rings. The van der Waals surface area contributed by atoms with Crippen LogP contribution in [-0.4, -0.2) is 34.0 Å². The fourth-order valence-electron chi connectivity index (χ4n) is 1.74. The molecule has 0 radical (unpaired) electrons. The lowest BCUT2D eigenvalue weighted by Crippen LogP contribution is -2.46. The van der Waals surface area contributed by atoms with Gasteiger partial charge < -0.3 is 13.3 Å². The maximum absolute atomic E-state index is 6.14. The van der Waals surface area contributed by atoms with Gasteiger partial charge in [0, 0.05) is 31.2 Å². The van der Waals surface area contributed by atoms with Crippen LogP contribution in [0, 0.1) is 0 Å². The van der Waals surface area contributed by atoms with Gasteiger partial charge >= 0.3 is 8.80 Å². The first kappa shape index (κ1) is 20.6. The molecule has 5 heteroatoms. The number of rotatable bonds is 15. The summed E-state index contributed by atoms with van der Waals surface area (Å²) in [5.41, 5.74) is 0. The van der Waals surface area contributed by atoms with Crippen molar-refractivity contribution >= 4 is 24.7 Å². The molecule has 3 nitrogen and oxygen atoms in total. The quantitative estimate of drug-likeness (QED) is 0.227.